The molecule has 10 heteroatoms. The van der Waals surface area contributed by atoms with Crippen LogP contribution in [-0.2, 0) is 19.6 Å². The maximum Gasteiger partial charge on any atom is 0.246 e. The van der Waals surface area contributed by atoms with Gasteiger partial charge in [0.2, 0.25) is 21.8 Å². The number of likely N-dealkylation sites (N-methyl/N-ethyl adjacent to an activating group) is 2. The Morgan fingerprint density at radius 2 is 1.86 bits per heavy atom. The average Bonchev–Trinajstić information content (AvgIpc) is 2.84. The lowest BCUT2D eigenvalue weighted by molar-refractivity contribution is -0.127. The minimum Gasteiger partial charge on any atom is -0.354 e. The van der Waals surface area contributed by atoms with Gasteiger partial charge in [0.1, 0.15) is 12.8 Å². The van der Waals surface area contributed by atoms with E-state index in [1.807, 2.05) is 0 Å². The molecule has 0 saturated carbocycles. The second kappa shape index (κ2) is 18.9. The summed E-state index contributed by atoms with van der Waals surface area (Å²) in [6, 6.07) is -1.01. The summed E-state index contributed by atoms with van der Waals surface area (Å²) in [6.07, 6.45) is 18.5. The van der Waals surface area contributed by atoms with Crippen molar-refractivity contribution in [2.45, 2.75) is 57.9 Å². The molecule has 8 nitrogen and oxygen atoms in total. The van der Waals surface area contributed by atoms with Gasteiger partial charge in [-0.05, 0) is 44.4 Å². The zero-order valence-electron chi connectivity index (χ0n) is 21.3. The Labute approximate surface area is 211 Å². The van der Waals surface area contributed by atoms with Gasteiger partial charge in [0.15, 0.2) is 0 Å². The van der Waals surface area contributed by atoms with Gasteiger partial charge in [0.25, 0.3) is 0 Å². The Balaban J connectivity index is 4.87. The van der Waals surface area contributed by atoms with Gasteiger partial charge in [-0.1, -0.05) is 25.7 Å². The lowest BCUT2D eigenvalue weighted by atomic mass is 9.96. The van der Waals surface area contributed by atoms with Crippen LogP contribution in [0.1, 0.15) is 51.9 Å². The Hall–Kier alpha value is -2.40. The molecule has 0 aliphatic rings. The van der Waals surface area contributed by atoms with Crippen molar-refractivity contribution < 1.29 is 22.4 Å². The van der Waals surface area contributed by atoms with Crippen LogP contribution in [0.4, 0.5) is 4.39 Å². The predicted molar refractivity (Wildman–Crippen MR) is 138 cm³/mol. The van der Waals surface area contributed by atoms with Crippen LogP contribution in [0.15, 0.2) is 12.2 Å². The number of halogens is 1. The molecule has 2 N–H and O–H groups in total. The molecular formula is C25H41FN4O4S. The van der Waals surface area contributed by atoms with Gasteiger partial charge >= 0.3 is 0 Å². The maximum atomic E-state index is 12.7. The molecule has 2 atom stereocenters. The van der Waals surface area contributed by atoms with Crippen LogP contribution < -0.4 is 10.6 Å². The number of unbranched alkanes of at least 4 members (excludes halogenated alkanes) is 2. The molecule has 0 bridgehead atoms. The van der Waals surface area contributed by atoms with E-state index in [1.54, 1.807) is 0 Å². The highest BCUT2D eigenvalue weighted by Gasteiger charge is 2.23. The molecule has 0 heterocycles. The molecule has 198 valence electrons. The van der Waals surface area contributed by atoms with Crippen molar-refractivity contribution in [3.63, 3.8) is 0 Å². The highest BCUT2D eigenvalue weighted by atomic mass is 32.2. The summed E-state index contributed by atoms with van der Waals surface area (Å²) in [5.74, 6) is 3.77. The molecular weight excluding hydrogens is 471 g/mol. The van der Waals surface area contributed by atoms with E-state index >= 15 is 0 Å². The SMILES string of the molecule is C#CC=CC(NC(=O)CCS(=O)(=O)N(C)CCN(C)CF)C(=O)NCC(CCC)CCCCC#C. The lowest BCUT2D eigenvalue weighted by Crippen LogP contribution is -2.47. The fourth-order valence-electron chi connectivity index (χ4n) is 3.26. The van der Waals surface area contributed by atoms with Crippen LogP contribution in [0.5, 0.6) is 0 Å². The maximum absolute atomic E-state index is 12.7. The summed E-state index contributed by atoms with van der Waals surface area (Å²) >= 11 is 0. The van der Waals surface area contributed by atoms with E-state index in [-0.39, 0.29) is 19.5 Å². The molecule has 35 heavy (non-hydrogen) atoms. The first kappa shape index (κ1) is 32.6. The van der Waals surface area contributed by atoms with Gasteiger partial charge < -0.3 is 10.6 Å². The van der Waals surface area contributed by atoms with Crippen molar-refractivity contribution in [1.82, 2.24) is 19.8 Å². The fraction of sp³-hybridized carbons (Fsp3) is 0.680. The average molecular weight is 513 g/mol. The van der Waals surface area contributed by atoms with E-state index in [0.29, 0.717) is 12.5 Å². The minimum absolute atomic E-state index is 0.0992. The Morgan fingerprint density at radius 1 is 1.14 bits per heavy atom. The van der Waals surface area contributed by atoms with Crippen LogP contribution in [-0.4, -0.2) is 81.8 Å². The normalized spacial score (nSPS) is 13.4. The highest BCUT2D eigenvalue weighted by molar-refractivity contribution is 7.89. The van der Waals surface area contributed by atoms with Crippen molar-refractivity contribution in [2.24, 2.45) is 5.92 Å². The zero-order valence-corrected chi connectivity index (χ0v) is 22.1. The molecule has 2 amide bonds. The smallest absolute Gasteiger partial charge is 0.246 e. The number of sulfonamides is 1. The molecule has 0 aromatic rings. The van der Waals surface area contributed by atoms with Gasteiger partial charge in [-0.15, -0.1) is 18.8 Å². The van der Waals surface area contributed by atoms with E-state index in [2.05, 4.69) is 29.4 Å². The first-order valence-electron chi connectivity index (χ1n) is 11.9. The molecule has 0 spiro atoms. The second-order valence-electron chi connectivity index (χ2n) is 8.51. The number of carbonyl (C=O) groups excluding carboxylic acids is 2. The van der Waals surface area contributed by atoms with Crippen LogP contribution in [0.25, 0.3) is 0 Å². The summed E-state index contributed by atoms with van der Waals surface area (Å²) in [6.45, 7) is 2.18. The van der Waals surface area contributed by atoms with E-state index in [1.165, 1.54) is 31.1 Å². The summed E-state index contributed by atoms with van der Waals surface area (Å²) in [5.41, 5.74) is 0. The van der Waals surface area contributed by atoms with E-state index < -0.39 is 40.4 Å². The van der Waals surface area contributed by atoms with Gasteiger partial charge in [0.05, 0.1) is 5.75 Å². The Morgan fingerprint density at radius 3 is 2.46 bits per heavy atom. The van der Waals surface area contributed by atoms with Crippen molar-refractivity contribution in [1.29, 1.82) is 0 Å². The Kier molecular flexibility index (Phi) is 17.6. The molecule has 0 fully saturated rings. The summed E-state index contributed by atoms with van der Waals surface area (Å²) in [4.78, 5) is 26.5. The van der Waals surface area contributed by atoms with Crippen molar-refractivity contribution in [3.8, 4) is 24.7 Å². The molecule has 0 aliphatic heterocycles. The number of amides is 2. The summed E-state index contributed by atoms with van der Waals surface area (Å²) in [5, 5.41) is 5.41. The standard InChI is InChI=1S/C25H41FN4O4S/c1-6-9-11-12-14-22(13-8-3)20-27-25(32)23(15-10-7-2)28-24(31)16-19-35(33,34)30(5)18-17-29(4)21-26/h1-2,10,15,22-23H,8-9,11-14,16-21H2,3-5H3,(H,27,32)(H,28,31). The zero-order chi connectivity index (χ0) is 26.7. The predicted octanol–water partition coefficient (Wildman–Crippen LogP) is 1.90. The first-order chi connectivity index (χ1) is 16.6. The second-order valence-corrected chi connectivity index (χ2v) is 10.7. The topological polar surface area (TPSA) is 98.8 Å². The molecule has 0 aromatic carbocycles. The first-order valence-corrected chi connectivity index (χ1v) is 13.5. The van der Waals surface area contributed by atoms with Crippen molar-refractivity contribution >= 4 is 21.8 Å². The van der Waals surface area contributed by atoms with Gasteiger partial charge in [0, 0.05) is 39.5 Å². The lowest BCUT2D eigenvalue weighted by Gasteiger charge is -2.21. The largest absolute Gasteiger partial charge is 0.354 e. The fourth-order valence-corrected chi connectivity index (χ4v) is 4.37. The quantitative estimate of drug-likeness (QED) is 0.157. The third kappa shape index (κ3) is 15.3. The van der Waals surface area contributed by atoms with Crippen molar-refractivity contribution in [2.75, 3.05) is 46.3 Å². The highest BCUT2D eigenvalue weighted by Crippen LogP contribution is 2.15. The van der Waals surface area contributed by atoms with Crippen molar-refractivity contribution in [3.05, 3.63) is 12.2 Å². The minimum atomic E-state index is -3.71. The van der Waals surface area contributed by atoms with E-state index in [0.717, 1.165) is 42.8 Å². The van der Waals surface area contributed by atoms with Gasteiger partial charge in [-0.3, -0.25) is 14.5 Å². The van der Waals surface area contributed by atoms with Gasteiger partial charge in [-0.2, -0.15) is 0 Å². The van der Waals surface area contributed by atoms with Crippen LogP contribution in [0.3, 0.4) is 0 Å². The van der Waals surface area contributed by atoms with Crippen LogP contribution in [0, 0.1) is 30.6 Å². The number of hydrogen-bond acceptors (Lipinski definition) is 5. The van der Waals surface area contributed by atoms with Gasteiger partial charge in [-0.25, -0.2) is 17.1 Å². The number of carbonyl (C=O) groups is 2. The summed E-state index contributed by atoms with van der Waals surface area (Å²) < 4.78 is 38.4. The number of nitrogens with zero attached hydrogens (tertiary/aromatic N) is 2. The number of rotatable bonds is 19. The molecule has 0 rings (SSSR count). The van der Waals surface area contributed by atoms with Crippen LogP contribution in [0.2, 0.25) is 0 Å². The number of allylic oxidation sites excluding steroid dienone is 1. The number of hydrogen-bond donors (Lipinski definition) is 2. The number of nitrogens with one attached hydrogen (secondary N) is 2. The molecule has 0 saturated heterocycles. The summed E-state index contributed by atoms with van der Waals surface area (Å²) in [7, 11) is -0.799. The third-order valence-electron chi connectivity index (χ3n) is 5.49. The van der Waals surface area contributed by atoms with E-state index in [4.69, 9.17) is 12.8 Å². The Bertz CT molecular complexity index is 849. The van der Waals surface area contributed by atoms with E-state index in [9.17, 15) is 22.4 Å². The third-order valence-corrected chi connectivity index (χ3v) is 7.34. The molecule has 0 aliphatic carbocycles. The number of terminal acetylenes is 2. The van der Waals surface area contributed by atoms with Crippen LogP contribution >= 0.6 is 0 Å². The molecule has 0 aromatic heterocycles. The molecule has 0 radical (unpaired) electrons. The monoisotopic (exact) mass is 512 g/mol. The number of alkyl halides is 1. The molecule has 2 unspecified atom stereocenters.